The summed E-state index contributed by atoms with van der Waals surface area (Å²) in [5.41, 5.74) is 3.79. The molecule has 3 rings (SSSR count). The van der Waals surface area contributed by atoms with Crippen LogP contribution in [0.2, 0.25) is 0 Å². The molecule has 2 aromatic carbocycles. The van der Waals surface area contributed by atoms with Crippen LogP contribution in [0.4, 0.5) is 0 Å². The van der Waals surface area contributed by atoms with Crippen molar-refractivity contribution >= 4 is 22.6 Å². The first-order valence-electron chi connectivity index (χ1n) is 8.09. The van der Waals surface area contributed by atoms with E-state index in [-0.39, 0.29) is 11.8 Å². The monoisotopic (exact) mass is 324 g/mol. The van der Waals surface area contributed by atoms with Crippen LogP contribution >= 0.6 is 0 Å². The number of nitrogens with zero attached hydrogens (tertiary/aromatic N) is 1. The second-order valence-electron chi connectivity index (χ2n) is 6.00. The number of hydroxylamine groups is 1. The molecule has 0 saturated carbocycles. The number of imide groups is 1. The molecule has 0 bridgehead atoms. The van der Waals surface area contributed by atoms with E-state index in [0.29, 0.717) is 29.8 Å². The lowest BCUT2D eigenvalue weighted by atomic mass is 9.94. The molecule has 5 heteroatoms. The molecule has 0 aromatic heterocycles. The van der Waals surface area contributed by atoms with Crippen LogP contribution in [0.15, 0.2) is 48.7 Å². The summed E-state index contributed by atoms with van der Waals surface area (Å²) in [5.74, 6) is -0.434. The lowest BCUT2D eigenvalue weighted by molar-refractivity contribution is 0.0608. The van der Waals surface area contributed by atoms with Crippen molar-refractivity contribution in [2.24, 2.45) is 0 Å². The minimum atomic E-state index is -0.217. The summed E-state index contributed by atoms with van der Waals surface area (Å²) in [4.78, 5) is 26.7. The van der Waals surface area contributed by atoms with Gasteiger partial charge in [-0.3, -0.25) is 25.2 Å². The molecule has 5 nitrogen and oxygen atoms in total. The van der Waals surface area contributed by atoms with E-state index in [1.165, 1.54) is 4.90 Å². The van der Waals surface area contributed by atoms with Gasteiger partial charge in [0.1, 0.15) is 0 Å². The van der Waals surface area contributed by atoms with Crippen molar-refractivity contribution in [3.63, 3.8) is 0 Å². The lowest BCUT2D eigenvalue weighted by Crippen LogP contribution is -2.40. The molecule has 124 valence electrons. The molecular weight excluding hydrogens is 304 g/mol. The van der Waals surface area contributed by atoms with E-state index in [0.717, 1.165) is 30.0 Å². The van der Waals surface area contributed by atoms with E-state index < -0.39 is 0 Å². The van der Waals surface area contributed by atoms with Crippen molar-refractivity contribution in [1.82, 2.24) is 10.4 Å². The van der Waals surface area contributed by atoms with Crippen molar-refractivity contribution in [3.05, 3.63) is 59.8 Å². The minimum Gasteiger partial charge on any atom is -0.291 e. The summed E-state index contributed by atoms with van der Waals surface area (Å²) in [5, 5.41) is 10.4. The Labute approximate surface area is 140 Å². The van der Waals surface area contributed by atoms with Crippen molar-refractivity contribution < 1.29 is 14.8 Å². The van der Waals surface area contributed by atoms with Gasteiger partial charge < -0.3 is 0 Å². The Hall–Kier alpha value is -2.66. The lowest BCUT2D eigenvalue weighted by Gasteiger charge is -2.27. The molecule has 1 heterocycles. The first kappa shape index (κ1) is 16.2. The van der Waals surface area contributed by atoms with Crippen LogP contribution in [-0.2, 0) is 0 Å². The normalized spacial score (nSPS) is 13.5. The molecular formula is C19H20N2O3. The molecule has 0 saturated heterocycles. The number of amides is 2. The van der Waals surface area contributed by atoms with E-state index >= 15 is 0 Å². The van der Waals surface area contributed by atoms with Crippen molar-refractivity contribution in [1.29, 1.82) is 0 Å². The van der Waals surface area contributed by atoms with Crippen molar-refractivity contribution in [2.45, 2.75) is 25.7 Å². The Kier molecular flexibility index (Phi) is 4.62. The first-order chi connectivity index (χ1) is 11.6. The van der Waals surface area contributed by atoms with E-state index in [1.54, 1.807) is 12.1 Å². The number of rotatable bonds is 7. The minimum absolute atomic E-state index is 0.217. The predicted octanol–water partition coefficient (Wildman–Crippen LogP) is 3.49. The summed E-state index contributed by atoms with van der Waals surface area (Å²) in [6.45, 7) is 4.06. The summed E-state index contributed by atoms with van der Waals surface area (Å²) >= 11 is 0. The summed E-state index contributed by atoms with van der Waals surface area (Å²) < 4.78 is 0. The fraction of sp³-hybridized carbons (Fsp3) is 0.263. The van der Waals surface area contributed by atoms with Crippen LogP contribution in [-0.4, -0.2) is 28.5 Å². The van der Waals surface area contributed by atoms with Gasteiger partial charge in [-0.25, -0.2) is 0 Å². The zero-order chi connectivity index (χ0) is 17.1. The topological polar surface area (TPSA) is 69.6 Å². The molecule has 0 atom stereocenters. The summed E-state index contributed by atoms with van der Waals surface area (Å²) in [7, 11) is 0. The summed E-state index contributed by atoms with van der Waals surface area (Å²) in [6.07, 6.45) is 3.09. The zero-order valence-electron chi connectivity index (χ0n) is 13.4. The highest BCUT2D eigenvalue weighted by Gasteiger charge is 2.31. The van der Waals surface area contributed by atoms with E-state index in [9.17, 15) is 9.59 Å². The molecule has 0 spiro atoms. The molecule has 0 radical (unpaired) electrons. The highest BCUT2D eigenvalue weighted by molar-refractivity contribution is 6.25. The van der Waals surface area contributed by atoms with E-state index in [4.69, 9.17) is 5.21 Å². The van der Waals surface area contributed by atoms with Gasteiger partial charge >= 0.3 is 0 Å². The molecule has 1 aliphatic rings. The maximum absolute atomic E-state index is 12.7. The maximum atomic E-state index is 12.7. The number of hydrogen-bond acceptors (Lipinski definition) is 4. The Morgan fingerprint density at radius 1 is 1.00 bits per heavy atom. The fourth-order valence-corrected chi connectivity index (χ4v) is 3.12. The largest absolute Gasteiger partial charge is 0.291 e. The summed E-state index contributed by atoms with van der Waals surface area (Å²) in [6, 6.07) is 11.1. The molecule has 2 amide bonds. The Morgan fingerprint density at radius 2 is 1.62 bits per heavy atom. The van der Waals surface area contributed by atoms with Gasteiger partial charge in [-0.15, -0.1) is 0 Å². The average molecular weight is 324 g/mol. The number of carbonyl (C=O) groups excluding carboxylic acids is 2. The predicted molar refractivity (Wildman–Crippen MR) is 91.8 cm³/mol. The maximum Gasteiger partial charge on any atom is 0.261 e. The van der Waals surface area contributed by atoms with Crippen LogP contribution < -0.4 is 5.48 Å². The highest BCUT2D eigenvalue weighted by atomic mass is 16.5. The molecule has 1 aliphatic heterocycles. The molecule has 24 heavy (non-hydrogen) atoms. The number of allylic oxidation sites excluding steroid dienone is 1. The SMILES string of the molecule is C=C(CCCCCN1C(=O)c2cccc3cccc(c23)C1=O)NO. The second kappa shape index (κ2) is 6.84. The molecule has 0 fully saturated rings. The Morgan fingerprint density at radius 3 is 2.21 bits per heavy atom. The molecule has 2 N–H and O–H groups in total. The Bertz CT molecular complexity index is 763. The molecule has 2 aromatic rings. The fourth-order valence-electron chi connectivity index (χ4n) is 3.12. The standard InChI is InChI=1S/C19H20N2O3/c1-13(20-24)7-3-2-4-12-21-18(22)15-10-5-8-14-9-6-11-16(17(14)15)19(21)23/h5-6,8-11,20,24H,1-4,7,12H2. The van der Waals surface area contributed by atoms with Crippen LogP contribution in [0, 0.1) is 0 Å². The van der Waals surface area contributed by atoms with E-state index in [2.05, 4.69) is 6.58 Å². The third-order valence-electron chi connectivity index (χ3n) is 4.37. The zero-order valence-corrected chi connectivity index (χ0v) is 13.4. The number of benzene rings is 2. The van der Waals surface area contributed by atoms with Gasteiger partial charge in [-0.1, -0.05) is 37.3 Å². The third kappa shape index (κ3) is 2.90. The number of carbonyl (C=O) groups is 2. The second-order valence-corrected chi connectivity index (χ2v) is 6.00. The van der Waals surface area contributed by atoms with Crippen molar-refractivity contribution in [2.75, 3.05) is 6.54 Å². The van der Waals surface area contributed by atoms with Gasteiger partial charge in [0.15, 0.2) is 0 Å². The van der Waals surface area contributed by atoms with Gasteiger partial charge in [-0.2, -0.15) is 0 Å². The van der Waals surface area contributed by atoms with Gasteiger partial charge in [0.25, 0.3) is 11.8 Å². The van der Waals surface area contributed by atoms with Gasteiger partial charge in [0.2, 0.25) is 0 Å². The van der Waals surface area contributed by atoms with Gasteiger partial charge in [0.05, 0.1) is 0 Å². The van der Waals surface area contributed by atoms with Crippen molar-refractivity contribution in [3.8, 4) is 0 Å². The van der Waals surface area contributed by atoms with Crippen LogP contribution in [0.3, 0.4) is 0 Å². The quantitative estimate of drug-likeness (QED) is 0.465. The highest BCUT2D eigenvalue weighted by Crippen LogP contribution is 2.30. The van der Waals surface area contributed by atoms with Crippen LogP contribution in [0.5, 0.6) is 0 Å². The molecule has 0 unspecified atom stereocenters. The number of nitrogens with one attached hydrogen (secondary N) is 1. The van der Waals surface area contributed by atoms with E-state index in [1.807, 2.05) is 29.7 Å². The average Bonchev–Trinajstić information content (AvgIpc) is 2.61. The van der Waals surface area contributed by atoms with Crippen LogP contribution in [0.25, 0.3) is 10.8 Å². The third-order valence-corrected chi connectivity index (χ3v) is 4.37. The number of unbranched alkanes of at least 4 members (excludes halogenated alkanes) is 2. The first-order valence-corrected chi connectivity index (χ1v) is 8.09. The van der Waals surface area contributed by atoms with Gasteiger partial charge in [-0.05, 0) is 36.8 Å². The number of hydrogen-bond donors (Lipinski definition) is 2. The smallest absolute Gasteiger partial charge is 0.261 e. The van der Waals surface area contributed by atoms with Gasteiger partial charge in [0, 0.05) is 28.8 Å². The molecule has 0 aliphatic carbocycles. The van der Waals surface area contributed by atoms with Crippen LogP contribution in [0.1, 0.15) is 46.4 Å². The Balaban J connectivity index is 1.72.